The van der Waals surface area contributed by atoms with Gasteiger partial charge in [-0.1, -0.05) is 18.2 Å². The van der Waals surface area contributed by atoms with Gasteiger partial charge in [-0.2, -0.15) is 0 Å². The quantitative estimate of drug-likeness (QED) is 0.786. The van der Waals surface area contributed by atoms with E-state index in [0.717, 1.165) is 11.3 Å². The van der Waals surface area contributed by atoms with Crippen LogP contribution in [0.25, 0.3) is 0 Å². The summed E-state index contributed by atoms with van der Waals surface area (Å²) in [6, 6.07) is 12.1. The highest BCUT2D eigenvalue weighted by molar-refractivity contribution is 5.99. The van der Waals surface area contributed by atoms with Crippen molar-refractivity contribution < 1.29 is 13.9 Å². The van der Waals surface area contributed by atoms with Crippen LogP contribution < -0.4 is 9.64 Å². The first-order valence-corrected chi connectivity index (χ1v) is 6.66. The Morgan fingerprint density at radius 2 is 1.86 bits per heavy atom. The van der Waals surface area contributed by atoms with Crippen LogP contribution in [0.4, 0.5) is 10.1 Å². The van der Waals surface area contributed by atoms with Crippen molar-refractivity contribution in [2.45, 2.75) is 13.5 Å². The first kappa shape index (κ1) is 15.0. The van der Waals surface area contributed by atoms with Gasteiger partial charge >= 0.3 is 0 Å². The zero-order valence-electron chi connectivity index (χ0n) is 12.4. The van der Waals surface area contributed by atoms with E-state index < -0.39 is 5.82 Å². The Balaban J connectivity index is 2.27. The van der Waals surface area contributed by atoms with E-state index in [0.29, 0.717) is 17.8 Å². The standard InChI is InChI=1S/C17H18FNO2/c1-12(20)15-5-4-6-16(18)17(15)19(2)11-13-7-9-14(21-3)10-8-13/h4-10H,11H2,1-3H3. The summed E-state index contributed by atoms with van der Waals surface area (Å²) in [5.41, 5.74) is 1.74. The molecule has 0 aliphatic carbocycles. The van der Waals surface area contributed by atoms with Gasteiger partial charge in [-0.3, -0.25) is 4.79 Å². The van der Waals surface area contributed by atoms with E-state index in [1.54, 1.807) is 31.2 Å². The van der Waals surface area contributed by atoms with Gasteiger partial charge in [-0.15, -0.1) is 0 Å². The Morgan fingerprint density at radius 3 is 2.43 bits per heavy atom. The number of ether oxygens (including phenoxy) is 1. The van der Waals surface area contributed by atoms with Crippen molar-refractivity contribution in [3.63, 3.8) is 0 Å². The van der Waals surface area contributed by atoms with Crippen LogP contribution in [0.3, 0.4) is 0 Å². The topological polar surface area (TPSA) is 29.5 Å². The van der Waals surface area contributed by atoms with E-state index in [2.05, 4.69) is 0 Å². The summed E-state index contributed by atoms with van der Waals surface area (Å²) in [4.78, 5) is 13.4. The molecule has 2 rings (SSSR count). The molecule has 0 unspecified atom stereocenters. The van der Waals surface area contributed by atoms with Gasteiger partial charge < -0.3 is 9.64 Å². The summed E-state index contributed by atoms with van der Waals surface area (Å²) in [6.45, 7) is 1.95. The third-order valence-electron chi connectivity index (χ3n) is 3.33. The molecule has 0 N–H and O–H groups in total. The molecule has 2 aromatic rings. The Labute approximate surface area is 124 Å². The van der Waals surface area contributed by atoms with Gasteiger partial charge in [0, 0.05) is 19.2 Å². The average Bonchev–Trinajstić information content (AvgIpc) is 2.47. The van der Waals surface area contributed by atoms with Crippen LogP contribution >= 0.6 is 0 Å². The van der Waals surface area contributed by atoms with Crippen LogP contribution in [-0.2, 0) is 6.54 Å². The van der Waals surface area contributed by atoms with Crippen LogP contribution in [0.2, 0.25) is 0 Å². The molecule has 110 valence electrons. The number of para-hydroxylation sites is 1. The molecule has 0 saturated carbocycles. The van der Waals surface area contributed by atoms with E-state index >= 15 is 0 Å². The highest BCUT2D eigenvalue weighted by atomic mass is 19.1. The fraction of sp³-hybridized carbons (Fsp3) is 0.235. The number of methoxy groups -OCH3 is 1. The average molecular weight is 287 g/mol. The number of Topliss-reactive ketones (excluding diaryl/α,β-unsaturated/α-hetero) is 1. The predicted molar refractivity (Wildman–Crippen MR) is 81.5 cm³/mol. The minimum absolute atomic E-state index is 0.147. The van der Waals surface area contributed by atoms with E-state index in [1.165, 1.54) is 13.0 Å². The molecular weight excluding hydrogens is 269 g/mol. The van der Waals surface area contributed by atoms with Gasteiger partial charge in [-0.05, 0) is 36.8 Å². The predicted octanol–water partition coefficient (Wildman–Crippen LogP) is 3.67. The second-order valence-corrected chi connectivity index (χ2v) is 4.90. The molecule has 21 heavy (non-hydrogen) atoms. The second kappa shape index (κ2) is 6.39. The van der Waals surface area contributed by atoms with Crippen molar-refractivity contribution >= 4 is 11.5 Å². The fourth-order valence-electron chi connectivity index (χ4n) is 2.27. The molecule has 0 aliphatic rings. The first-order valence-electron chi connectivity index (χ1n) is 6.66. The first-order chi connectivity index (χ1) is 10.0. The number of hydrogen-bond donors (Lipinski definition) is 0. The monoisotopic (exact) mass is 287 g/mol. The van der Waals surface area contributed by atoms with Crippen LogP contribution in [0, 0.1) is 5.82 Å². The number of halogens is 1. The lowest BCUT2D eigenvalue weighted by Crippen LogP contribution is -2.20. The highest BCUT2D eigenvalue weighted by Gasteiger charge is 2.16. The number of ketones is 1. The van der Waals surface area contributed by atoms with Gasteiger partial charge in [0.05, 0.1) is 12.8 Å². The Bertz CT molecular complexity index is 638. The maximum absolute atomic E-state index is 14.1. The Hall–Kier alpha value is -2.36. The lowest BCUT2D eigenvalue weighted by molar-refractivity contribution is 0.101. The summed E-state index contributed by atoms with van der Waals surface area (Å²) < 4.78 is 19.2. The van der Waals surface area contributed by atoms with Crippen molar-refractivity contribution in [1.82, 2.24) is 0 Å². The van der Waals surface area contributed by atoms with Crippen molar-refractivity contribution in [3.05, 3.63) is 59.4 Å². The summed E-state index contributed by atoms with van der Waals surface area (Å²) in [7, 11) is 3.38. The molecule has 4 heteroatoms. The molecule has 0 radical (unpaired) electrons. The van der Waals surface area contributed by atoms with Crippen molar-refractivity contribution in [2.75, 3.05) is 19.1 Å². The van der Waals surface area contributed by atoms with Gasteiger partial charge in [0.25, 0.3) is 0 Å². The Kier molecular flexibility index (Phi) is 4.58. The number of carbonyl (C=O) groups excluding carboxylic acids is 1. The van der Waals surface area contributed by atoms with Gasteiger partial charge in [-0.25, -0.2) is 4.39 Å². The van der Waals surface area contributed by atoms with Crippen LogP contribution in [0.1, 0.15) is 22.8 Å². The minimum atomic E-state index is -0.390. The van der Waals surface area contributed by atoms with Gasteiger partial charge in [0.1, 0.15) is 11.6 Å². The molecule has 0 heterocycles. The zero-order valence-corrected chi connectivity index (χ0v) is 12.4. The normalized spacial score (nSPS) is 10.3. The number of anilines is 1. The third kappa shape index (κ3) is 3.40. The number of nitrogens with zero attached hydrogens (tertiary/aromatic N) is 1. The van der Waals surface area contributed by atoms with Crippen LogP contribution in [0.15, 0.2) is 42.5 Å². The van der Waals surface area contributed by atoms with E-state index in [1.807, 2.05) is 24.3 Å². The molecule has 0 bridgehead atoms. The van der Waals surface area contributed by atoms with E-state index in [4.69, 9.17) is 4.74 Å². The summed E-state index contributed by atoms with van der Waals surface area (Å²) in [5, 5.41) is 0. The van der Waals surface area contributed by atoms with Crippen LogP contribution in [-0.4, -0.2) is 19.9 Å². The SMILES string of the molecule is COc1ccc(CN(C)c2c(F)cccc2C(C)=O)cc1. The largest absolute Gasteiger partial charge is 0.497 e. The molecule has 0 saturated heterocycles. The zero-order chi connectivity index (χ0) is 15.4. The molecule has 3 nitrogen and oxygen atoms in total. The summed E-state index contributed by atoms with van der Waals surface area (Å²) in [6.07, 6.45) is 0. The van der Waals surface area contributed by atoms with Gasteiger partial charge in [0.2, 0.25) is 0 Å². The molecule has 0 spiro atoms. The number of benzene rings is 2. The maximum atomic E-state index is 14.1. The van der Waals surface area contributed by atoms with Gasteiger partial charge in [0.15, 0.2) is 5.78 Å². The molecule has 0 atom stereocenters. The summed E-state index contributed by atoms with van der Waals surface area (Å²) in [5.74, 6) is 0.238. The molecular formula is C17H18FNO2. The second-order valence-electron chi connectivity index (χ2n) is 4.90. The molecule has 0 fully saturated rings. The van der Waals surface area contributed by atoms with Crippen LogP contribution in [0.5, 0.6) is 5.75 Å². The molecule has 0 amide bonds. The molecule has 0 aliphatic heterocycles. The van der Waals surface area contributed by atoms with Crippen molar-refractivity contribution in [2.24, 2.45) is 0 Å². The Morgan fingerprint density at radius 1 is 1.19 bits per heavy atom. The van der Waals surface area contributed by atoms with Crippen molar-refractivity contribution in [1.29, 1.82) is 0 Å². The lowest BCUT2D eigenvalue weighted by atomic mass is 10.1. The highest BCUT2D eigenvalue weighted by Crippen LogP contribution is 2.25. The molecule has 0 aromatic heterocycles. The lowest BCUT2D eigenvalue weighted by Gasteiger charge is -2.22. The third-order valence-corrected chi connectivity index (χ3v) is 3.33. The smallest absolute Gasteiger partial charge is 0.161 e. The van der Waals surface area contributed by atoms with E-state index in [-0.39, 0.29) is 5.78 Å². The fourth-order valence-corrected chi connectivity index (χ4v) is 2.27. The molecule has 2 aromatic carbocycles. The maximum Gasteiger partial charge on any atom is 0.161 e. The van der Waals surface area contributed by atoms with Crippen molar-refractivity contribution in [3.8, 4) is 5.75 Å². The summed E-state index contributed by atoms with van der Waals surface area (Å²) >= 11 is 0. The minimum Gasteiger partial charge on any atom is -0.497 e. The number of rotatable bonds is 5. The number of carbonyl (C=O) groups is 1. The number of hydrogen-bond acceptors (Lipinski definition) is 3. The van der Waals surface area contributed by atoms with E-state index in [9.17, 15) is 9.18 Å².